The first-order valence-corrected chi connectivity index (χ1v) is 8.88. The van der Waals surface area contributed by atoms with Gasteiger partial charge < -0.3 is 10.2 Å². The van der Waals surface area contributed by atoms with Gasteiger partial charge >= 0.3 is 0 Å². The summed E-state index contributed by atoms with van der Waals surface area (Å²) in [6.45, 7) is 6.05. The zero-order valence-electron chi connectivity index (χ0n) is 14.8. The molecule has 0 unspecified atom stereocenters. The zero-order valence-corrected chi connectivity index (χ0v) is 18.0. The minimum absolute atomic E-state index is 0. The average molecular weight is 458 g/mol. The van der Waals surface area contributed by atoms with Crippen molar-refractivity contribution < 1.29 is 0 Å². The number of guanidine groups is 1. The lowest BCUT2D eigenvalue weighted by atomic mass is 10.2. The van der Waals surface area contributed by atoms with E-state index in [2.05, 4.69) is 70.7 Å². The van der Waals surface area contributed by atoms with Gasteiger partial charge in [-0.25, -0.2) is 4.98 Å². The van der Waals surface area contributed by atoms with E-state index in [4.69, 9.17) is 0 Å². The van der Waals surface area contributed by atoms with Crippen LogP contribution in [0.15, 0.2) is 40.7 Å². The maximum Gasteiger partial charge on any atom is 0.193 e. The molecule has 0 radical (unpaired) electrons. The van der Waals surface area contributed by atoms with Crippen molar-refractivity contribution in [1.29, 1.82) is 0 Å². The standard InChI is InChI=1S/C18H26N4S.HI/c1-14(2)17-21-16(13-23-17)10-11-20-18(19-3)22(4)12-15-8-6-5-7-9-15;/h5-9,13-14H,10-12H2,1-4H3,(H,19,20);1H. The Morgan fingerprint density at radius 1 is 1.29 bits per heavy atom. The summed E-state index contributed by atoms with van der Waals surface area (Å²) in [5, 5.41) is 6.79. The molecule has 0 aliphatic carbocycles. The highest BCUT2D eigenvalue weighted by Gasteiger charge is 2.08. The monoisotopic (exact) mass is 458 g/mol. The van der Waals surface area contributed by atoms with E-state index >= 15 is 0 Å². The Hall–Kier alpha value is -1.15. The molecule has 132 valence electrons. The van der Waals surface area contributed by atoms with Crippen molar-refractivity contribution in [3.63, 3.8) is 0 Å². The Morgan fingerprint density at radius 2 is 2.00 bits per heavy atom. The molecule has 1 N–H and O–H groups in total. The topological polar surface area (TPSA) is 40.5 Å². The molecule has 0 saturated heterocycles. The van der Waals surface area contributed by atoms with Crippen molar-refractivity contribution in [2.45, 2.75) is 32.7 Å². The number of aliphatic imine (C=N–C) groups is 1. The number of rotatable bonds is 6. The van der Waals surface area contributed by atoms with Crippen molar-refractivity contribution in [3.05, 3.63) is 52.0 Å². The summed E-state index contributed by atoms with van der Waals surface area (Å²) >= 11 is 1.75. The second-order valence-corrected chi connectivity index (χ2v) is 6.79. The number of halogens is 1. The number of nitrogens with zero attached hydrogens (tertiary/aromatic N) is 3. The average Bonchev–Trinajstić information content (AvgIpc) is 3.01. The van der Waals surface area contributed by atoms with E-state index in [0.717, 1.165) is 31.2 Å². The van der Waals surface area contributed by atoms with Crippen LogP contribution in [0.4, 0.5) is 0 Å². The molecule has 1 aromatic carbocycles. The van der Waals surface area contributed by atoms with Crippen LogP contribution in [-0.4, -0.2) is 36.5 Å². The van der Waals surface area contributed by atoms with Crippen LogP contribution in [0.3, 0.4) is 0 Å². The van der Waals surface area contributed by atoms with E-state index < -0.39 is 0 Å². The number of nitrogens with one attached hydrogen (secondary N) is 1. The van der Waals surface area contributed by atoms with Gasteiger partial charge in [-0.3, -0.25) is 4.99 Å². The molecule has 0 atom stereocenters. The van der Waals surface area contributed by atoms with Gasteiger partial charge in [0.25, 0.3) is 0 Å². The van der Waals surface area contributed by atoms with Gasteiger partial charge in [0.05, 0.1) is 10.7 Å². The Bertz CT molecular complexity index is 625. The molecule has 0 bridgehead atoms. The minimum Gasteiger partial charge on any atom is -0.356 e. The Morgan fingerprint density at radius 3 is 2.58 bits per heavy atom. The maximum atomic E-state index is 4.67. The van der Waals surface area contributed by atoms with Gasteiger partial charge in [-0.15, -0.1) is 35.3 Å². The first kappa shape index (κ1) is 20.9. The molecule has 0 aliphatic rings. The molecule has 4 nitrogen and oxygen atoms in total. The predicted octanol–water partition coefficient (Wildman–Crippen LogP) is 4.13. The fraction of sp³-hybridized carbons (Fsp3) is 0.444. The van der Waals surface area contributed by atoms with E-state index in [0.29, 0.717) is 5.92 Å². The van der Waals surface area contributed by atoms with Crippen LogP contribution in [0.1, 0.15) is 36.0 Å². The van der Waals surface area contributed by atoms with Crippen LogP contribution in [0.2, 0.25) is 0 Å². The minimum atomic E-state index is 0. The van der Waals surface area contributed by atoms with Gasteiger partial charge in [-0.05, 0) is 5.56 Å². The highest BCUT2D eigenvalue weighted by atomic mass is 127. The predicted molar refractivity (Wildman–Crippen MR) is 115 cm³/mol. The number of hydrogen-bond acceptors (Lipinski definition) is 3. The molecular formula is C18H27IN4S. The maximum absolute atomic E-state index is 4.67. The van der Waals surface area contributed by atoms with Crippen LogP contribution in [0.5, 0.6) is 0 Å². The van der Waals surface area contributed by atoms with Gasteiger partial charge in [0.15, 0.2) is 5.96 Å². The molecule has 0 saturated carbocycles. The van der Waals surface area contributed by atoms with Gasteiger partial charge in [0.1, 0.15) is 0 Å². The number of thiazole rings is 1. The summed E-state index contributed by atoms with van der Waals surface area (Å²) in [4.78, 5) is 11.2. The van der Waals surface area contributed by atoms with Crippen molar-refractivity contribution in [1.82, 2.24) is 15.2 Å². The van der Waals surface area contributed by atoms with Crippen LogP contribution in [0.25, 0.3) is 0 Å². The third-order valence-corrected chi connectivity index (χ3v) is 4.76. The van der Waals surface area contributed by atoms with Crippen LogP contribution in [-0.2, 0) is 13.0 Å². The van der Waals surface area contributed by atoms with Crippen molar-refractivity contribution in [2.24, 2.45) is 4.99 Å². The molecule has 24 heavy (non-hydrogen) atoms. The lowest BCUT2D eigenvalue weighted by Crippen LogP contribution is -2.39. The molecule has 2 rings (SSSR count). The van der Waals surface area contributed by atoms with Crippen molar-refractivity contribution in [2.75, 3.05) is 20.6 Å². The molecule has 1 aromatic heterocycles. The lowest BCUT2D eigenvalue weighted by molar-refractivity contribution is 0.477. The van der Waals surface area contributed by atoms with Crippen LogP contribution < -0.4 is 5.32 Å². The van der Waals surface area contributed by atoms with E-state index in [9.17, 15) is 0 Å². The molecular weight excluding hydrogens is 431 g/mol. The molecule has 6 heteroatoms. The van der Waals surface area contributed by atoms with Gasteiger partial charge in [-0.1, -0.05) is 44.2 Å². The fourth-order valence-corrected chi connectivity index (χ4v) is 3.19. The largest absolute Gasteiger partial charge is 0.356 e. The molecule has 2 aromatic rings. The van der Waals surface area contributed by atoms with E-state index in [1.54, 1.807) is 11.3 Å². The second-order valence-electron chi connectivity index (χ2n) is 5.90. The molecule has 0 amide bonds. The highest BCUT2D eigenvalue weighted by Crippen LogP contribution is 2.19. The summed E-state index contributed by atoms with van der Waals surface area (Å²) in [5.41, 5.74) is 2.44. The smallest absolute Gasteiger partial charge is 0.193 e. The molecule has 0 aliphatic heterocycles. The number of benzene rings is 1. The van der Waals surface area contributed by atoms with Crippen LogP contribution in [0, 0.1) is 0 Å². The first-order chi connectivity index (χ1) is 11.1. The third-order valence-electron chi connectivity index (χ3n) is 3.56. The molecule has 0 fully saturated rings. The van der Waals surface area contributed by atoms with Crippen molar-refractivity contribution in [3.8, 4) is 0 Å². The van der Waals surface area contributed by atoms with Gasteiger partial charge in [-0.2, -0.15) is 0 Å². The normalized spacial score (nSPS) is 11.3. The highest BCUT2D eigenvalue weighted by molar-refractivity contribution is 14.0. The fourth-order valence-electron chi connectivity index (χ4n) is 2.32. The Labute approximate surface area is 166 Å². The summed E-state index contributed by atoms with van der Waals surface area (Å²) in [6, 6.07) is 10.4. The number of aromatic nitrogens is 1. The Kier molecular flexibility index (Phi) is 9.28. The van der Waals surface area contributed by atoms with E-state index in [-0.39, 0.29) is 24.0 Å². The van der Waals surface area contributed by atoms with Gasteiger partial charge in [0, 0.05) is 44.9 Å². The lowest BCUT2D eigenvalue weighted by Gasteiger charge is -2.22. The quantitative estimate of drug-likeness (QED) is 0.402. The van der Waals surface area contributed by atoms with Crippen LogP contribution >= 0.6 is 35.3 Å². The third kappa shape index (κ3) is 6.39. The van der Waals surface area contributed by atoms with Gasteiger partial charge in [0.2, 0.25) is 0 Å². The Balaban J connectivity index is 0.00000288. The second kappa shape index (κ2) is 10.7. The molecule has 0 spiro atoms. The first-order valence-electron chi connectivity index (χ1n) is 8.00. The van der Waals surface area contributed by atoms with E-state index in [1.807, 2.05) is 13.1 Å². The van der Waals surface area contributed by atoms with E-state index in [1.165, 1.54) is 10.6 Å². The zero-order chi connectivity index (χ0) is 16.7. The summed E-state index contributed by atoms with van der Waals surface area (Å²) < 4.78 is 0. The SMILES string of the molecule is CN=C(NCCc1csc(C(C)C)n1)N(C)Cc1ccccc1.I. The van der Waals surface area contributed by atoms with Crippen molar-refractivity contribution >= 4 is 41.3 Å². The molecule has 1 heterocycles. The number of hydrogen-bond donors (Lipinski definition) is 1. The summed E-state index contributed by atoms with van der Waals surface area (Å²) in [7, 11) is 3.88. The summed E-state index contributed by atoms with van der Waals surface area (Å²) in [5.74, 6) is 1.42. The summed E-state index contributed by atoms with van der Waals surface area (Å²) in [6.07, 6.45) is 0.918.